The predicted octanol–water partition coefficient (Wildman–Crippen LogP) is 12.1. The van der Waals surface area contributed by atoms with E-state index in [1.165, 1.54) is 57.1 Å². The van der Waals surface area contributed by atoms with Crippen LogP contribution in [0.4, 0.5) is 14.0 Å². The summed E-state index contributed by atoms with van der Waals surface area (Å²) < 4.78 is 40.4. The molecule has 5 rings (SSSR count). The van der Waals surface area contributed by atoms with Crippen molar-refractivity contribution in [3.05, 3.63) is 83.7 Å². The lowest BCUT2D eigenvalue weighted by Gasteiger charge is -2.60. The quantitative estimate of drug-likeness (QED) is 0.0313. The van der Waals surface area contributed by atoms with Crippen LogP contribution in [-0.2, 0) is 20.9 Å². The third-order valence-electron chi connectivity index (χ3n) is 13.3. The Balaban J connectivity index is 1.60. The number of fused-ring (bicyclic) bond motifs is 2. The van der Waals surface area contributed by atoms with Crippen molar-refractivity contribution in [3.63, 3.8) is 0 Å². The Kier molecular flexibility index (Phi) is 22.4. The third kappa shape index (κ3) is 15.4. The van der Waals surface area contributed by atoms with Gasteiger partial charge >= 0.3 is 12.2 Å². The Bertz CT molecular complexity index is 1940. The van der Waals surface area contributed by atoms with E-state index in [1.807, 2.05) is 26.8 Å². The molecule has 0 bridgehead atoms. The van der Waals surface area contributed by atoms with Crippen molar-refractivity contribution in [3.8, 4) is 11.5 Å². The molecular weight excluding hydrogens is 889 g/mol. The maximum absolute atomic E-state index is 14.5. The van der Waals surface area contributed by atoms with E-state index < -0.39 is 41.4 Å². The number of allylic oxidation sites excluding steroid dienone is 1. The summed E-state index contributed by atoms with van der Waals surface area (Å²) in [5, 5.41) is 27.8. The molecule has 0 saturated heterocycles. The van der Waals surface area contributed by atoms with Crippen molar-refractivity contribution in [1.29, 1.82) is 0 Å². The number of alkyl halides is 1. The van der Waals surface area contributed by atoms with Crippen LogP contribution in [0.15, 0.2) is 71.9 Å². The van der Waals surface area contributed by atoms with Gasteiger partial charge < -0.3 is 39.3 Å². The first kappa shape index (κ1) is 54.8. The third-order valence-corrected chi connectivity index (χ3v) is 13.4. The molecule has 3 aliphatic rings. The van der Waals surface area contributed by atoms with Crippen molar-refractivity contribution >= 4 is 29.5 Å². The van der Waals surface area contributed by atoms with E-state index in [9.17, 15) is 24.2 Å². The zero-order valence-corrected chi connectivity index (χ0v) is 41.9. The van der Waals surface area contributed by atoms with Gasteiger partial charge in [0.1, 0.15) is 35.6 Å². The second kappa shape index (κ2) is 27.9. The molecule has 378 valence electrons. The van der Waals surface area contributed by atoms with Gasteiger partial charge in [-0.05, 0) is 106 Å². The number of benzene rings is 2. The van der Waals surface area contributed by atoms with Crippen molar-refractivity contribution in [2.45, 2.75) is 167 Å². The van der Waals surface area contributed by atoms with Crippen LogP contribution in [0, 0.1) is 23.6 Å². The number of carbonyl (C=O) groups is 2. The topological polar surface area (TPSA) is 148 Å². The van der Waals surface area contributed by atoms with Gasteiger partial charge in [-0.25, -0.2) is 14.0 Å². The molecule has 12 nitrogen and oxygen atoms in total. The molecule has 1 fully saturated rings. The second-order valence-corrected chi connectivity index (χ2v) is 19.9. The molecule has 0 aromatic heterocycles. The van der Waals surface area contributed by atoms with Crippen LogP contribution in [0.5, 0.6) is 11.5 Å². The van der Waals surface area contributed by atoms with E-state index in [0.29, 0.717) is 42.2 Å². The van der Waals surface area contributed by atoms with Crippen LogP contribution in [0.3, 0.4) is 0 Å². The van der Waals surface area contributed by atoms with Gasteiger partial charge in [0.2, 0.25) is 5.79 Å². The molecule has 0 spiro atoms. The van der Waals surface area contributed by atoms with Crippen molar-refractivity contribution in [1.82, 2.24) is 10.2 Å². The Hall–Kier alpha value is -4.17. The van der Waals surface area contributed by atoms with E-state index in [-0.39, 0.29) is 63.0 Å². The summed E-state index contributed by atoms with van der Waals surface area (Å²) in [6.45, 7) is 12.6. The number of carbonyl (C=O) groups excluding carboxylic acids is 2. The number of unbranched alkanes of at least 4 members (excludes halogenated alkanes) is 11. The summed E-state index contributed by atoms with van der Waals surface area (Å²) in [6, 6.07) is 10.5. The molecule has 2 aliphatic carbocycles. The molecule has 68 heavy (non-hydrogen) atoms. The summed E-state index contributed by atoms with van der Waals surface area (Å²) in [5.74, 6) is -2.08. The molecule has 2 aromatic carbocycles. The van der Waals surface area contributed by atoms with Gasteiger partial charge in [-0.2, -0.15) is 0 Å². The van der Waals surface area contributed by atoms with Crippen molar-refractivity contribution in [2.24, 2.45) is 22.9 Å². The molecule has 2 amide bonds. The fourth-order valence-corrected chi connectivity index (χ4v) is 10.2. The number of nitrogens with one attached hydrogen (secondary N) is 1. The number of halogens is 2. The highest BCUT2D eigenvalue weighted by atomic mass is 35.5. The predicted molar refractivity (Wildman–Crippen MR) is 266 cm³/mol. The number of rotatable bonds is 29. The van der Waals surface area contributed by atoms with Crippen molar-refractivity contribution < 1.29 is 48.0 Å². The van der Waals surface area contributed by atoms with Gasteiger partial charge in [0.25, 0.3) is 0 Å². The SMILES string of the molecule is C=CCOC12Oc3ccc(OC(=O)NCCCCCCCCCCCC)cc3C3C(CCCCO)C(CCCCO)C=C(C(=NOC(C)(C)C)CC1N(Cc1ccc(F)cc1)C(=O)OCCCl)C32. The zero-order chi connectivity index (χ0) is 48.9. The highest BCUT2D eigenvalue weighted by Gasteiger charge is 2.65. The average Bonchev–Trinajstić information content (AvgIpc) is 3.32. The number of hydrogen-bond acceptors (Lipinski definition) is 10. The first-order valence-electron chi connectivity index (χ1n) is 25.4. The van der Waals surface area contributed by atoms with E-state index in [2.05, 4.69) is 24.9 Å². The smallest absolute Gasteiger partial charge is 0.412 e. The highest BCUT2D eigenvalue weighted by Crippen LogP contribution is 2.62. The largest absolute Gasteiger partial charge is 0.459 e. The molecule has 0 radical (unpaired) electrons. The van der Waals surface area contributed by atoms with Gasteiger partial charge in [-0.1, -0.05) is 107 Å². The van der Waals surface area contributed by atoms with Crippen LogP contribution in [0.2, 0.25) is 0 Å². The lowest BCUT2D eigenvalue weighted by atomic mass is 9.55. The molecule has 6 atom stereocenters. The number of hydrogen-bond donors (Lipinski definition) is 3. The van der Waals surface area contributed by atoms with Gasteiger partial charge in [-0.15, -0.1) is 18.2 Å². The van der Waals surface area contributed by atoms with Crippen LogP contribution >= 0.6 is 11.6 Å². The molecule has 1 saturated carbocycles. The lowest BCUT2D eigenvalue weighted by Crippen LogP contribution is -2.70. The number of ether oxygens (including phenoxy) is 4. The molecule has 1 aliphatic heterocycles. The minimum absolute atomic E-state index is 0.00568. The lowest BCUT2D eigenvalue weighted by molar-refractivity contribution is -0.256. The van der Waals surface area contributed by atoms with Crippen LogP contribution in [0.1, 0.15) is 154 Å². The van der Waals surface area contributed by atoms with Gasteiger partial charge in [-0.3, -0.25) is 4.90 Å². The fraction of sp³-hybridized carbons (Fsp3) is 0.648. The summed E-state index contributed by atoms with van der Waals surface area (Å²) in [5.41, 5.74) is 2.26. The van der Waals surface area contributed by atoms with Gasteiger partial charge in [0.05, 0.1) is 24.1 Å². The fourth-order valence-electron chi connectivity index (χ4n) is 10.1. The van der Waals surface area contributed by atoms with Gasteiger partial charge in [0, 0.05) is 44.2 Å². The average molecular weight is 969 g/mol. The first-order valence-corrected chi connectivity index (χ1v) is 25.9. The standard InChI is InChI=1S/C54H79ClFN3O9/c1-6-8-9-10-11-12-13-14-15-18-30-57-51(62)66-42-27-28-47-45(36-42)49-43(22-17-20-32-61)40(21-16-19-31-60)35-44-46(58-68-53(3,4)5)37-48(54(67-47,50(44)49)65-33-7-2)59(52(63)64-34-29-55)38-39-23-25-41(56)26-24-39/h7,23-28,35-36,40,43,48-50,60-61H,2,6,8-22,29-34,37-38H2,1,3-5H3,(H,57,62). The monoisotopic (exact) mass is 968 g/mol. The maximum atomic E-state index is 14.5. The van der Waals surface area contributed by atoms with Crippen LogP contribution in [0.25, 0.3) is 0 Å². The van der Waals surface area contributed by atoms with Crippen LogP contribution < -0.4 is 14.8 Å². The molecule has 2 aromatic rings. The maximum Gasteiger partial charge on any atom is 0.412 e. The van der Waals surface area contributed by atoms with E-state index in [1.54, 1.807) is 35.2 Å². The molecule has 14 heteroatoms. The van der Waals surface area contributed by atoms with E-state index >= 15 is 0 Å². The summed E-state index contributed by atoms with van der Waals surface area (Å²) >= 11 is 6.08. The minimum atomic E-state index is -1.57. The Morgan fingerprint density at radius 2 is 1.63 bits per heavy atom. The number of nitrogens with zero attached hydrogens (tertiary/aromatic N) is 2. The zero-order valence-electron chi connectivity index (χ0n) is 41.2. The number of aliphatic hydroxyl groups excluding tert-OH is 2. The Morgan fingerprint density at radius 3 is 2.28 bits per heavy atom. The number of amides is 2. The second-order valence-electron chi connectivity index (χ2n) is 19.5. The Morgan fingerprint density at radius 1 is 0.956 bits per heavy atom. The van der Waals surface area contributed by atoms with Crippen LogP contribution in [-0.4, -0.2) is 89.3 Å². The molecule has 6 unspecified atom stereocenters. The number of aliphatic hydroxyl groups is 2. The summed E-state index contributed by atoms with van der Waals surface area (Å²) in [4.78, 5) is 35.7. The van der Waals surface area contributed by atoms with Gasteiger partial charge in [0.15, 0.2) is 0 Å². The molecular formula is C54H79ClFN3O9. The summed E-state index contributed by atoms with van der Waals surface area (Å²) in [7, 11) is 0. The normalized spacial score (nSPS) is 22.3. The first-order chi connectivity index (χ1) is 32.9. The highest BCUT2D eigenvalue weighted by molar-refractivity contribution is 6.18. The minimum Gasteiger partial charge on any atom is -0.459 e. The van der Waals surface area contributed by atoms with Crippen molar-refractivity contribution in [2.75, 3.05) is 38.9 Å². The number of oxime groups is 1. The molecule has 3 N–H and O–H groups in total. The Labute approximate surface area is 410 Å². The van der Waals surface area contributed by atoms with E-state index in [4.69, 9.17) is 40.5 Å². The molecule has 1 heterocycles. The van der Waals surface area contributed by atoms with E-state index in [0.717, 1.165) is 56.1 Å². The summed E-state index contributed by atoms with van der Waals surface area (Å²) in [6.07, 6.45) is 19.0.